The van der Waals surface area contributed by atoms with Crippen molar-refractivity contribution in [2.45, 2.75) is 26.2 Å². The van der Waals surface area contributed by atoms with Gasteiger partial charge >= 0.3 is 0 Å². The molecule has 0 saturated carbocycles. The third-order valence-corrected chi connectivity index (χ3v) is 2.71. The summed E-state index contributed by atoms with van der Waals surface area (Å²) in [4.78, 5) is 0. The second-order valence-electron chi connectivity index (χ2n) is 3.89. The highest BCUT2D eigenvalue weighted by atomic mass is 16.3. The van der Waals surface area contributed by atoms with Gasteiger partial charge in [-0.15, -0.1) is 0 Å². The molecule has 5 nitrogen and oxygen atoms in total. The molecule has 0 bridgehead atoms. The van der Waals surface area contributed by atoms with E-state index in [1.807, 2.05) is 12.1 Å². The van der Waals surface area contributed by atoms with Crippen molar-refractivity contribution in [2.75, 3.05) is 0 Å². The normalized spacial score (nSPS) is 10.6. The Kier molecular flexibility index (Phi) is 3.27. The van der Waals surface area contributed by atoms with Crippen LogP contribution in [0.1, 0.15) is 24.6 Å². The minimum Gasteiger partial charge on any atom is -0.463 e. The van der Waals surface area contributed by atoms with Crippen LogP contribution in [0, 0.1) is 5.41 Å². The average Bonchev–Trinajstić information content (AvgIpc) is 2.94. The minimum atomic E-state index is 0.193. The van der Waals surface area contributed by atoms with E-state index in [9.17, 15) is 0 Å². The van der Waals surface area contributed by atoms with E-state index < -0.39 is 0 Å². The fourth-order valence-corrected chi connectivity index (χ4v) is 1.84. The number of nitrogens with one attached hydrogen (secondary N) is 2. The van der Waals surface area contributed by atoms with Gasteiger partial charge in [-0.2, -0.15) is 5.10 Å². The number of aromatic amines is 1. The first-order valence-corrected chi connectivity index (χ1v) is 5.65. The Morgan fingerprint density at radius 1 is 1.59 bits per heavy atom. The molecule has 0 unspecified atom stereocenters. The van der Waals surface area contributed by atoms with Gasteiger partial charge in [0, 0.05) is 17.7 Å². The summed E-state index contributed by atoms with van der Waals surface area (Å²) in [6, 6.07) is 3.72. The van der Waals surface area contributed by atoms with Crippen molar-refractivity contribution in [3.8, 4) is 11.5 Å². The van der Waals surface area contributed by atoms with Crippen LogP contribution < -0.4 is 5.73 Å². The predicted molar refractivity (Wildman–Crippen MR) is 65.9 cm³/mol. The summed E-state index contributed by atoms with van der Waals surface area (Å²) in [6.45, 7) is 2.07. The van der Waals surface area contributed by atoms with E-state index in [4.69, 9.17) is 15.6 Å². The zero-order valence-electron chi connectivity index (χ0n) is 9.79. The number of hydrogen-bond acceptors (Lipinski definition) is 3. The van der Waals surface area contributed by atoms with Crippen molar-refractivity contribution in [3.63, 3.8) is 0 Å². The van der Waals surface area contributed by atoms with E-state index in [0.29, 0.717) is 12.8 Å². The quantitative estimate of drug-likeness (QED) is 0.544. The van der Waals surface area contributed by atoms with Gasteiger partial charge in [0.1, 0.15) is 5.69 Å². The van der Waals surface area contributed by atoms with E-state index in [1.165, 1.54) is 0 Å². The molecule has 0 aliphatic rings. The number of nitrogens with two attached hydrogens (primary N) is 1. The molecule has 0 amide bonds. The fourth-order valence-electron chi connectivity index (χ4n) is 1.84. The van der Waals surface area contributed by atoms with Crippen molar-refractivity contribution >= 4 is 5.84 Å². The summed E-state index contributed by atoms with van der Waals surface area (Å²) in [6.07, 6.45) is 3.76. The van der Waals surface area contributed by atoms with Gasteiger partial charge in [-0.05, 0) is 25.0 Å². The molecule has 90 valence electrons. The van der Waals surface area contributed by atoms with E-state index in [1.54, 1.807) is 6.26 Å². The molecule has 0 spiro atoms. The summed E-state index contributed by atoms with van der Waals surface area (Å²) < 4.78 is 5.36. The van der Waals surface area contributed by atoms with Gasteiger partial charge in [0.25, 0.3) is 0 Å². The van der Waals surface area contributed by atoms with Crippen LogP contribution in [-0.2, 0) is 12.8 Å². The molecule has 0 aromatic carbocycles. The van der Waals surface area contributed by atoms with Gasteiger partial charge < -0.3 is 10.2 Å². The first kappa shape index (κ1) is 11.4. The van der Waals surface area contributed by atoms with Crippen LogP contribution in [-0.4, -0.2) is 16.0 Å². The van der Waals surface area contributed by atoms with Crippen molar-refractivity contribution in [1.29, 1.82) is 5.41 Å². The van der Waals surface area contributed by atoms with Gasteiger partial charge in [0.15, 0.2) is 5.76 Å². The zero-order chi connectivity index (χ0) is 12.3. The van der Waals surface area contributed by atoms with Crippen LogP contribution in [0.25, 0.3) is 11.5 Å². The van der Waals surface area contributed by atoms with Crippen LogP contribution >= 0.6 is 0 Å². The summed E-state index contributed by atoms with van der Waals surface area (Å²) in [5.41, 5.74) is 8.40. The number of aryl methyl sites for hydroxylation is 1. The molecular formula is C12H16N4O. The van der Waals surface area contributed by atoms with Crippen molar-refractivity contribution < 1.29 is 4.42 Å². The topological polar surface area (TPSA) is 91.7 Å². The molecular weight excluding hydrogens is 216 g/mol. The van der Waals surface area contributed by atoms with Crippen LogP contribution in [0.5, 0.6) is 0 Å². The standard InChI is InChI=1S/C12H16N4O/c1-2-9-8(5-6-11(13)14)12(16-15-9)10-4-3-7-17-10/h3-4,7H,2,5-6H2,1H3,(H3,13,14)(H,15,16). The Balaban J connectivity index is 2.32. The number of rotatable bonds is 5. The lowest BCUT2D eigenvalue weighted by Crippen LogP contribution is -2.10. The smallest absolute Gasteiger partial charge is 0.154 e. The van der Waals surface area contributed by atoms with Gasteiger partial charge in [-0.25, -0.2) is 0 Å². The molecule has 2 rings (SSSR count). The van der Waals surface area contributed by atoms with Gasteiger partial charge in [-0.1, -0.05) is 6.92 Å². The van der Waals surface area contributed by atoms with Crippen molar-refractivity contribution in [1.82, 2.24) is 10.2 Å². The minimum absolute atomic E-state index is 0.193. The molecule has 0 radical (unpaired) electrons. The fraction of sp³-hybridized carbons (Fsp3) is 0.333. The number of furan rings is 1. The second-order valence-corrected chi connectivity index (χ2v) is 3.89. The maximum Gasteiger partial charge on any atom is 0.154 e. The van der Waals surface area contributed by atoms with Crippen LogP contribution in [0.3, 0.4) is 0 Å². The van der Waals surface area contributed by atoms with E-state index in [-0.39, 0.29) is 5.84 Å². The molecule has 0 saturated heterocycles. The van der Waals surface area contributed by atoms with E-state index >= 15 is 0 Å². The molecule has 17 heavy (non-hydrogen) atoms. The molecule has 0 aliphatic heterocycles. The lowest BCUT2D eigenvalue weighted by molar-refractivity contribution is 0.579. The van der Waals surface area contributed by atoms with Gasteiger partial charge in [0.2, 0.25) is 0 Å². The number of amidine groups is 1. The second kappa shape index (κ2) is 4.86. The largest absolute Gasteiger partial charge is 0.463 e. The molecule has 0 fully saturated rings. The van der Waals surface area contributed by atoms with Crippen LogP contribution in [0.4, 0.5) is 0 Å². The highest BCUT2D eigenvalue weighted by Crippen LogP contribution is 2.25. The molecule has 0 atom stereocenters. The number of nitrogens with zero attached hydrogens (tertiary/aromatic N) is 1. The maximum atomic E-state index is 7.29. The Morgan fingerprint density at radius 2 is 2.41 bits per heavy atom. The van der Waals surface area contributed by atoms with Crippen molar-refractivity contribution in [3.05, 3.63) is 29.7 Å². The lowest BCUT2D eigenvalue weighted by atomic mass is 10.0. The molecule has 2 aromatic heterocycles. The Bertz CT molecular complexity index is 499. The lowest BCUT2D eigenvalue weighted by Gasteiger charge is -2.02. The first-order valence-electron chi connectivity index (χ1n) is 5.65. The predicted octanol–water partition coefficient (Wildman–Crippen LogP) is 2.10. The Labute approximate surface area is 99.5 Å². The Hall–Kier alpha value is -2.04. The van der Waals surface area contributed by atoms with Gasteiger partial charge in [-0.3, -0.25) is 10.5 Å². The van der Waals surface area contributed by atoms with E-state index in [2.05, 4.69) is 17.1 Å². The monoisotopic (exact) mass is 232 g/mol. The van der Waals surface area contributed by atoms with Crippen molar-refractivity contribution in [2.24, 2.45) is 5.73 Å². The summed E-state index contributed by atoms with van der Waals surface area (Å²) >= 11 is 0. The molecule has 2 aromatic rings. The van der Waals surface area contributed by atoms with Gasteiger partial charge in [0.05, 0.1) is 12.1 Å². The average molecular weight is 232 g/mol. The zero-order valence-corrected chi connectivity index (χ0v) is 9.79. The van der Waals surface area contributed by atoms with Crippen LogP contribution in [0.2, 0.25) is 0 Å². The number of hydrogen-bond donors (Lipinski definition) is 3. The first-order chi connectivity index (χ1) is 8.22. The van der Waals surface area contributed by atoms with E-state index in [0.717, 1.165) is 29.1 Å². The highest BCUT2D eigenvalue weighted by Gasteiger charge is 2.15. The summed E-state index contributed by atoms with van der Waals surface area (Å²) in [7, 11) is 0. The number of aromatic nitrogens is 2. The third-order valence-electron chi connectivity index (χ3n) is 2.71. The Morgan fingerprint density at radius 3 is 3.00 bits per heavy atom. The summed E-state index contributed by atoms with van der Waals surface area (Å²) in [5.74, 6) is 0.943. The maximum absolute atomic E-state index is 7.29. The molecule has 4 N–H and O–H groups in total. The highest BCUT2D eigenvalue weighted by molar-refractivity contribution is 5.77. The van der Waals surface area contributed by atoms with Crippen LogP contribution in [0.15, 0.2) is 22.8 Å². The number of H-pyrrole nitrogens is 1. The SMILES string of the molecule is CCc1[nH]nc(-c2ccco2)c1CCC(=N)N. The summed E-state index contributed by atoms with van der Waals surface area (Å²) in [5, 5.41) is 14.6. The third kappa shape index (κ3) is 2.38. The molecule has 0 aliphatic carbocycles. The molecule has 5 heteroatoms. The molecule has 2 heterocycles.